The maximum absolute atomic E-state index is 13.4. The van der Waals surface area contributed by atoms with Gasteiger partial charge in [-0.3, -0.25) is 14.2 Å². The molecule has 0 spiro atoms. The molecular formula is C23H27N3O3. The van der Waals surface area contributed by atoms with Crippen molar-refractivity contribution in [2.24, 2.45) is 0 Å². The molecule has 1 aromatic heterocycles. The maximum atomic E-state index is 13.4. The zero-order chi connectivity index (χ0) is 21.3. The molecule has 0 aliphatic carbocycles. The molecule has 1 heterocycles. The Morgan fingerprint density at radius 2 is 1.72 bits per heavy atom. The summed E-state index contributed by atoms with van der Waals surface area (Å²) in [4.78, 5) is 39.4. The van der Waals surface area contributed by atoms with Crippen molar-refractivity contribution >= 4 is 16.8 Å². The molecule has 6 heteroatoms. The highest BCUT2D eigenvalue weighted by molar-refractivity contribution is 5.84. The number of para-hydroxylation sites is 1. The number of aryl methyl sites for hydroxylation is 2. The molecule has 6 nitrogen and oxygen atoms in total. The molecular weight excluding hydrogens is 366 g/mol. The number of aromatic nitrogens is 2. The zero-order valence-electron chi connectivity index (χ0n) is 17.5. The van der Waals surface area contributed by atoms with E-state index in [1.54, 1.807) is 37.3 Å². The van der Waals surface area contributed by atoms with Crippen molar-refractivity contribution in [3.8, 4) is 5.69 Å². The number of amides is 1. The maximum Gasteiger partial charge on any atom is 0.336 e. The predicted octanol–water partition coefficient (Wildman–Crippen LogP) is 3.24. The Hall–Kier alpha value is -3.15. The largest absolute Gasteiger partial charge is 0.352 e. The summed E-state index contributed by atoms with van der Waals surface area (Å²) in [6, 6.07) is 11.6. The van der Waals surface area contributed by atoms with Crippen molar-refractivity contribution in [3.63, 3.8) is 0 Å². The quantitative estimate of drug-likeness (QED) is 0.723. The molecule has 2 aromatic carbocycles. The second-order valence-corrected chi connectivity index (χ2v) is 7.57. The molecule has 0 saturated carbocycles. The zero-order valence-corrected chi connectivity index (χ0v) is 17.5. The first-order valence-corrected chi connectivity index (χ1v) is 9.90. The Kier molecular flexibility index (Phi) is 5.73. The number of carbonyl (C=O) groups excluding carboxylic acids is 1. The number of rotatable bonds is 5. The van der Waals surface area contributed by atoms with Gasteiger partial charge in [-0.05, 0) is 69.5 Å². The van der Waals surface area contributed by atoms with Gasteiger partial charge < -0.3 is 5.32 Å². The van der Waals surface area contributed by atoms with E-state index in [1.807, 2.05) is 39.8 Å². The van der Waals surface area contributed by atoms with E-state index in [2.05, 4.69) is 5.32 Å². The average molecular weight is 393 g/mol. The molecule has 152 valence electrons. The molecule has 0 unspecified atom stereocenters. The first-order chi connectivity index (χ1) is 13.8. The fraction of sp³-hybridized carbons (Fsp3) is 0.348. The Bertz CT molecular complexity index is 1190. The minimum absolute atomic E-state index is 0.00225. The Morgan fingerprint density at radius 1 is 1.03 bits per heavy atom. The molecule has 29 heavy (non-hydrogen) atoms. The van der Waals surface area contributed by atoms with Crippen LogP contribution in [0.15, 0.2) is 52.1 Å². The number of hydrogen-bond donors (Lipinski definition) is 1. The van der Waals surface area contributed by atoms with Gasteiger partial charge in [0, 0.05) is 6.04 Å². The third kappa shape index (κ3) is 3.75. The van der Waals surface area contributed by atoms with Crippen molar-refractivity contribution < 1.29 is 4.79 Å². The van der Waals surface area contributed by atoms with E-state index in [9.17, 15) is 14.4 Å². The first kappa shape index (κ1) is 20.6. The topological polar surface area (TPSA) is 73.1 Å². The second kappa shape index (κ2) is 8.07. The second-order valence-electron chi connectivity index (χ2n) is 7.57. The lowest BCUT2D eigenvalue weighted by atomic mass is 10.1. The summed E-state index contributed by atoms with van der Waals surface area (Å²) in [6.07, 6.45) is 0.788. The monoisotopic (exact) mass is 393 g/mol. The summed E-state index contributed by atoms with van der Waals surface area (Å²) in [5.41, 5.74) is 2.09. The Labute approximate surface area is 169 Å². The van der Waals surface area contributed by atoms with Gasteiger partial charge in [-0.2, -0.15) is 0 Å². The van der Waals surface area contributed by atoms with E-state index in [1.165, 1.54) is 4.57 Å². The normalized spacial score (nSPS) is 13.3. The number of fused-ring (bicyclic) bond motifs is 1. The van der Waals surface area contributed by atoms with Crippen LogP contribution >= 0.6 is 0 Å². The van der Waals surface area contributed by atoms with E-state index >= 15 is 0 Å². The molecule has 2 atom stereocenters. The first-order valence-electron chi connectivity index (χ1n) is 9.90. The van der Waals surface area contributed by atoms with Gasteiger partial charge in [-0.15, -0.1) is 0 Å². The van der Waals surface area contributed by atoms with Crippen molar-refractivity contribution in [3.05, 3.63) is 74.4 Å². The van der Waals surface area contributed by atoms with Gasteiger partial charge >= 0.3 is 5.69 Å². The fourth-order valence-electron chi connectivity index (χ4n) is 3.33. The Morgan fingerprint density at radius 3 is 2.38 bits per heavy atom. The summed E-state index contributed by atoms with van der Waals surface area (Å²) >= 11 is 0. The molecule has 0 bridgehead atoms. The minimum atomic E-state index is -0.764. The Balaban J connectivity index is 2.30. The highest BCUT2D eigenvalue weighted by atomic mass is 16.2. The number of benzene rings is 2. The molecule has 3 rings (SSSR count). The van der Waals surface area contributed by atoms with Gasteiger partial charge in [0.2, 0.25) is 5.91 Å². The van der Waals surface area contributed by atoms with Gasteiger partial charge in [0.25, 0.3) is 5.56 Å². The van der Waals surface area contributed by atoms with Gasteiger partial charge in [0.05, 0.1) is 16.6 Å². The summed E-state index contributed by atoms with van der Waals surface area (Å²) < 4.78 is 2.56. The van der Waals surface area contributed by atoms with Crippen LogP contribution in [0.5, 0.6) is 0 Å². The van der Waals surface area contributed by atoms with Crippen LogP contribution in [0.1, 0.15) is 44.4 Å². The molecule has 3 aromatic rings. The third-order valence-corrected chi connectivity index (χ3v) is 5.51. The smallest absolute Gasteiger partial charge is 0.336 e. The lowest BCUT2D eigenvalue weighted by Gasteiger charge is -2.21. The van der Waals surface area contributed by atoms with Crippen LogP contribution in [0.25, 0.3) is 16.6 Å². The van der Waals surface area contributed by atoms with Crippen LogP contribution in [-0.2, 0) is 4.79 Å². The molecule has 0 aliphatic rings. The number of nitrogens with zero attached hydrogens (tertiary/aromatic N) is 2. The van der Waals surface area contributed by atoms with Crippen molar-refractivity contribution in [2.45, 2.75) is 53.1 Å². The van der Waals surface area contributed by atoms with E-state index < -0.39 is 11.7 Å². The number of nitrogens with one attached hydrogen (secondary N) is 1. The highest BCUT2D eigenvalue weighted by Crippen LogP contribution is 2.16. The standard InChI is InChI=1S/C23H27N3O3/c1-6-16(4)24-21(27)17(5)25-20-10-8-7-9-19(20)22(28)26(23(25)29)18-12-11-14(2)15(3)13-18/h7-13,16-17H,6H2,1-5H3,(H,24,27)/t16-,17+/m0/s1. The van der Waals surface area contributed by atoms with Gasteiger partial charge in [-0.25, -0.2) is 9.36 Å². The average Bonchev–Trinajstić information content (AvgIpc) is 2.70. The summed E-state index contributed by atoms with van der Waals surface area (Å²) in [5, 5.41) is 3.32. The molecule has 0 saturated heterocycles. The van der Waals surface area contributed by atoms with E-state index in [0.717, 1.165) is 22.1 Å². The molecule has 1 amide bonds. The van der Waals surface area contributed by atoms with Crippen LogP contribution in [-0.4, -0.2) is 21.1 Å². The van der Waals surface area contributed by atoms with Crippen LogP contribution in [0.4, 0.5) is 0 Å². The van der Waals surface area contributed by atoms with Crippen molar-refractivity contribution in [1.29, 1.82) is 0 Å². The summed E-state index contributed by atoms with van der Waals surface area (Å²) in [7, 11) is 0. The molecule has 0 aliphatic heterocycles. The van der Waals surface area contributed by atoms with Gasteiger partial charge in [-0.1, -0.05) is 25.1 Å². The SMILES string of the molecule is CC[C@H](C)NC(=O)[C@@H](C)n1c(=O)n(-c2ccc(C)c(C)c2)c(=O)c2ccccc21. The third-order valence-electron chi connectivity index (χ3n) is 5.51. The number of carbonyl (C=O) groups is 1. The molecule has 0 fully saturated rings. The lowest BCUT2D eigenvalue weighted by molar-refractivity contribution is -0.124. The van der Waals surface area contributed by atoms with Gasteiger partial charge in [0.1, 0.15) is 6.04 Å². The van der Waals surface area contributed by atoms with Crippen LogP contribution in [0.2, 0.25) is 0 Å². The van der Waals surface area contributed by atoms with Gasteiger partial charge in [0.15, 0.2) is 0 Å². The lowest BCUT2D eigenvalue weighted by Crippen LogP contribution is -2.45. The van der Waals surface area contributed by atoms with Crippen LogP contribution in [0.3, 0.4) is 0 Å². The van der Waals surface area contributed by atoms with Crippen molar-refractivity contribution in [2.75, 3.05) is 0 Å². The summed E-state index contributed by atoms with van der Waals surface area (Å²) in [5.74, 6) is -0.253. The molecule has 0 radical (unpaired) electrons. The summed E-state index contributed by atoms with van der Waals surface area (Å²) in [6.45, 7) is 9.49. The highest BCUT2D eigenvalue weighted by Gasteiger charge is 2.23. The molecule has 1 N–H and O–H groups in total. The van der Waals surface area contributed by atoms with Crippen LogP contribution < -0.4 is 16.6 Å². The minimum Gasteiger partial charge on any atom is -0.352 e. The van der Waals surface area contributed by atoms with E-state index in [4.69, 9.17) is 0 Å². The van der Waals surface area contributed by atoms with E-state index in [0.29, 0.717) is 16.6 Å². The predicted molar refractivity (Wildman–Crippen MR) is 116 cm³/mol. The van der Waals surface area contributed by atoms with Crippen LogP contribution in [0, 0.1) is 13.8 Å². The number of hydrogen-bond acceptors (Lipinski definition) is 3. The van der Waals surface area contributed by atoms with E-state index in [-0.39, 0.29) is 17.5 Å². The fourth-order valence-corrected chi connectivity index (χ4v) is 3.33. The van der Waals surface area contributed by atoms with Crippen molar-refractivity contribution in [1.82, 2.24) is 14.5 Å².